The van der Waals surface area contributed by atoms with Crippen molar-refractivity contribution >= 4 is 5.91 Å². The standard InChI is InChI=1S/C27H30N2O3/c30-27(29-17-15-28-16-18-29)14-12-22-11-13-25(31-20-23-7-3-1-4-8-23)26(19-22)32-21-24-9-5-2-6-10-24/h1-11,13,19,28H,12,14-18,20-21H2. The number of aryl methyl sites for hydroxylation is 1. The summed E-state index contributed by atoms with van der Waals surface area (Å²) in [5.41, 5.74) is 3.27. The summed E-state index contributed by atoms with van der Waals surface area (Å²) in [4.78, 5) is 14.5. The lowest BCUT2D eigenvalue weighted by molar-refractivity contribution is -0.131. The third kappa shape index (κ3) is 6.34. The first-order chi connectivity index (χ1) is 15.8. The Kier molecular flexibility index (Phi) is 7.77. The monoisotopic (exact) mass is 430 g/mol. The summed E-state index contributed by atoms with van der Waals surface area (Å²) in [6.07, 6.45) is 1.19. The van der Waals surface area contributed by atoms with Gasteiger partial charge in [-0.05, 0) is 35.2 Å². The van der Waals surface area contributed by atoms with Crippen LogP contribution in [0.4, 0.5) is 0 Å². The Morgan fingerprint density at radius 1 is 0.750 bits per heavy atom. The van der Waals surface area contributed by atoms with Crippen molar-refractivity contribution in [2.24, 2.45) is 0 Å². The van der Waals surface area contributed by atoms with Gasteiger partial charge in [-0.25, -0.2) is 0 Å². The zero-order valence-electron chi connectivity index (χ0n) is 18.3. The van der Waals surface area contributed by atoms with E-state index in [1.165, 1.54) is 0 Å². The van der Waals surface area contributed by atoms with Crippen LogP contribution >= 0.6 is 0 Å². The SMILES string of the molecule is O=C(CCc1ccc(OCc2ccccc2)c(OCc2ccccc2)c1)N1CCNCC1. The predicted molar refractivity (Wildman–Crippen MR) is 126 cm³/mol. The van der Waals surface area contributed by atoms with Crippen LogP contribution in [0.1, 0.15) is 23.1 Å². The largest absolute Gasteiger partial charge is 0.485 e. The number of benzene rings is 3. The summed E-state index contributed by atoms with van der Waals surface area (Å²) in [6, 6.07) is 26.2. The Morgan fingerprint density at radius 3 is 1.97 bits per heavy atom. The number of carbonyl (C=O) groups excluding carboxylic acids is 1. The number of rotatable bonds is 9. The van der Waals surface area contributed by atoms with Gasteiger partial charge in [0.15, 0.2) is 11.5 Å². The highest BCUT2D eigenvalue weighted by Crippen LogP contribution is 2.30. The minimum Gasteiger partial charge on any atom is -0.485 e. The lowest BCUT2D eigenvalue weighted by Crippen LogP contribution is -2.46. The van der Waals surface area contributed by atoms with E-state index in [-0.39, 0.29) is 5.91 Å². The van der Waals surface area contributed by atoms with Gasteiger partial charge in [0.25, 0.3) is 0 Å². The van der Waals surface area contributed by atoms with E-state index in [4.69, 9.17) is 9.47 Å². The smallest absolute Gasteiger partial charge is 0.222 e. The highest BCUT2D eigenvalue weighted by Gasteiger charge is 2.16. The number of nitrogens with one attached hydrogen (secondary N) is 1. The number of nitrogens with zero attached hydrogens (tertiary/aromatic N) is 1. The molecule has 0 aliphatic carbocycles. The first-order valence-corrected chi connectivity index (χ1v) is 11.2. The molecule has 1 fully saturated rings. The minimum atomic E-state index is 0.211. The van der Waals surface area contributed by atoms with Crippen LogP contribution in [-0.4, -0.2) is 37.0 Å². The number of piperazine rings is 1. The highest BCUT2D eigenvalue weighted by molar-refractivity contribution is 5.76. The van der Waals surface area contributed by atoms with Crippen molar-refractivity contribution in [3.63, 3.8) is 0 Å². The maximum absolute atomic E-state index is 12.5. The molecule has 0 aromatic heterocycles. The molecule has 1 N–H and O–H groups in total. The van der Waals surface area contributed by atoms with E-state index in [1.54, 1.807) is 0 Å². The minimum absolute atomic E-state index is 0.211. The molecule has 5 nitrogen and oxygen atoms in total. The predicted octanol–water partition coefficient (Wildman–Crippen LogP) is 4.21. The van der Waals surface area contributed by atoms with Crippen molar-refractivity contribution < 1.29 is 14.3 Å². The molecule has 0 unspecified atom stereocenters. The van der Waals surface area contributed by atoms with Crippen molar-refractivity contribution in [3.8, 4) is 11.5 Å². The molecule has 0 saturated carbocycles. The first-order valence-electron chi connectivity index (χ1n) is 11.2. The topological polar surface area (TPSA) is 50.8 Å². The second kappa shape index (κ2) is 11.3. The van der Waals surface area contributed by atoms with Crippen molar-refractivity contribution in [3.05, 3.63) is 95.6 Å². The lowest BCUT2D eigenvalue weighted by atomic mass is 10.1. The van der Waals surface area contributed by atoms with Crippen LogP contribution < -0.4 is 14.8 Å². The third-order valence-corrected chi connectivity index (χ3v) is 5.58. The van der Waals surface area contributed by atoms with Gasteiger partial charge >= 0.3 is 0 Å². The summed E-state index contributed by atoms with van der Waals surface area (Å²) >= 11 is 0. The van der Waals surface area contributed by atoms with E-state index < -0.39 is 0 Å². The molecule has 0 atom stereocenters. The number of hydrogen-bond donors (Lipinski definition) is 1. The molecule has 0 spiro atoms. The molecule has 1 aliphatic rings. The molecule has 1 aliphatic heterocycles. The number of amides is 1. The number of hydrogen-bond acceptors (Lipinski definition) is 4. The second-order valence-electron chi connectivity index (χ2n) is 7.96. The molecule has 3 aromatic carbocycles. The van der Waals surface area contributed by atoms with E-state index >= 15 is 0 Å². The molecule has 3 aromatic rings. The van der Waals surface area contributed by atoms with Crippen molar-refractivity contribution in [2.75, 3.05) is 26.2 Å². The summed E-state index contributed by atoms with van der Waals surface area (Å²) in [5.74, 6) is 1.63. The van der Waals surface area contributed by atoms with Crippen LogP contribution in [0, 0.1) is 0 Å². The maximum Gasteiger partial charge on any atom is 0.222 e. The van der Waals surface area contributed by atoms with Gasteiger partial charge in [-0.2, -0.15) is 0 Å². The highest BCUT2D eigenvalue weighted by atomic mass is 16.5. The Labute approximate surface area is 190 Å². The van der Waals surface area contributed by atoms with Gasteiger partial charge < -0.3 is 19.7 Å². The molecule has 1 heterocycles. The van der Waals surface area contributed by atoms with E-state index in [9.17, 15) is 4.79 Å². The molecule has 1 saturated heterocycles. The summed E-state index contributed by atoms with van der Waals surface area (Å²) in [7, 11) is 0. The second-order valence-corrected chi connectivity index (χ2v) is 7.96. The average Bonchev–Trinajstić information content (AvgIpc) is 2.87. The van der Waals surface area contributed by atoms with Gasteiger partial charge in [-0.15, -0.1) is 0 Å². The quantitative estimate of drug-likeness (QED) is 0.553. The van der Waals surface area contributed by atoms with Gasteiger partial charge in [-0.3, -0.25) is 4.79 Å². The molecular weight excluding hydrogens is 400 g/mol. The Bertz CT molecular complexity index is 986. The maximum atomic E-state index is 12.5. The normalized spacial score (nSPS) is 13.6. The van der Waals surface area contributed by atoms with Crippen molar-refractivity contribution in [1.29, 1.82) is 0 Å². The van der Waals surface area contributed by atoms with E-state index in [1.807, 2.05) is 83.8 Å². The Balaban J connectivity index is 1.43. The molecule has 166 valence electrons. The van der Waals surface area contributed by atoms with Gasteiger partial charge in [-0.1, -0.05) is 66.7 Å². The van der Waals surface area contributed by atoms with E-state index in [0.717, 1.165) is 42.9 Å². The molecule has 4 rings (SSSR count). The first kappa shape index (κ1) is 21.9. The fourth-order valence-electron chi connectivity index (χ4n) is 3.73. The third-order valence-electron chi connectivity index (χ3n) is 5.58. The summed E-state index contributed by atoms with van der Waals surface area (Å²) in [6.45, 7) is 4.26. The van der Waals surface area contributed by atoms with Crippen LogP contribution in [0.5, 0.6) is 11.5 Å². The lowest BCUT2D eigenvalue weighted by Gasteiger charge is -2.27. The zero-order valence-corrected chi connectivity index (χ0v) is 18.3. The summed E-state index contributed by atoms with van der Waals surface area (Å²) < 4.78 is 12.2. The van der Waals surface area contributed by atoms with E-state index in [0.29, 0.717) is 37.6 Å². The molecule has 0 bridgehead atoms. The van der Waals surface area contributed by atoms with Crippen molar-refractivity contribution in [1.82, 2.24) is 10.2 Å². The van der Waals surface area contributed by atoms with Gasteiger partial charge in [0.1, 0.15) is 13.2 Å². The molecular formula is C27H30N2O3. The van der Waals surface area contributed by atoms with E-state index in [2.05, 4.69) is 5.32 Å². The Morgan fingerprint density at radius 2 is 1.34 bits per heavy atom. The van der Waals surface area contributed by atoms with Crippen LogP contribution in [0.2, 0.25) is 0 Å². The van der Waals surface area contributed by atoms with Crippen LogP contribution in [0.3, 0.4) is 0 Å². The van der Waals surface area contributed by atoms with Gasteiger partial charge in [0.05, 0.1) is 0 Å². The van der Waals surface area contributed by atoms with Crippen molar-refractivity contribution in [2.45, 2.75) is 26.1 Å². The number of carbonyl (C=O) groups is 1. The van der Waals surface area contributed by atoms with Crippen LogP contribution in [-0.2, 0) is 24.4 Å². The number of ether oxygens (including phenoxy) is 2. The molecule has 5 heteroatoms. The van der Waals surface area contributed by atoms with Gasteiger partial charge in [0, 0.05) is 32.6 Å². The fourth-order valence-corrected chi connectivity index (χ4v) is 3.73. The average molecular weight is 431 g/mol. The van der Waals surface area contributed by atoms with Crippen LogP contribution in [0.15, 0.2) is 78.9 Å². The van der Waals surface area contributed by atoms with Crippen LogP contribution in [0.25, 0.3) is 0 Å². The molecule has 0 radical (unpaired) electrons. The van der Waals surface area contributed by atoms with Gasteiger partial charge in [0.2, 0.25) is 5.91 Å². The Hall–Kier alpha value is -3.31. The molecule has 1 amide bonds. The fraction of sp³-hybridized carbons (Fsp3) is 0.296. The summed E-state index contributed by atoms with van der Waals surface area (Å²) in [5, 5.41) is 3.28. The zero-order chi connectivity index (χ0) is 22.0. The molecule has 32 heavy (non-hydrogen) atoms.